The molecule has 0 spiro atoms. The third-order valence-corrected chi connectivity index (χ3v) is 2.50. The van der Waals surface area contributed by atoms with E-state index in [1.165, 1.54) is 6.92 Å². The quantitative estimate of drug-likeness (QED) is 0.788. The van der Waals surface area contributed by atoms with Crippen LogP contribution in [-0.4, -0.2) is 20.4 Å². The number of ketones is 1. The zero-order valence-corrected chi connectivity index (χ0v) is 9.56. The smallest absolute Gasteiger partial charge is 0.195 e. The van der Waals surface area contributed by atoms with Gasteiger partial charge in [-0.2, -0.15) is 0 Å². The van der Waals surface area contributed by atoms with Crippen LogP contribution < -0.4 is 0 Å². The van der Waals surface area contributed by atoms with Gasteiger partial charge in [0, 0.05) is 19.0 Å². The van der Waals surface area contributed by atoms with E-state index in [1.807, 2.05) is 18.4 Å². The molecule has 84 valence electrons. The van der Waals surface area contributed by atoms with Gasteiger partial charge in [0.25, 0.3) is 0 Å². The minimum Gasteiger partial charge on any atom is -0.508 e. The molecule has 1 aromatic carbocycles. The van der Waals surface area contributed by atoms with Crippen LogP contribution in [0, 0.1) is 0 Å². The van der Waals surface area contributed by atoms with Crippen molar-refractivity contribution >= 4 is 16.8 Å². The van der Waals surface area contributed by atoms with Gasteiger partial charge < -0.3 is 9.67 Å². The molecule has 2 rings (SSSR count). The van der Waals surface area contributed by atoms with Crippen LogP contribution in [0.5, 0.6) is 5.75 Å². The lowest BCUT2D eigenvalue weighted by atomic mass is 10.2. The first-order valence-electron chi connectivity index (χ1n) is 5.22. The van der Waals surface area contributed by atoms with Crippen molar-refractivity contribution in [1.82, 2.24) is 9.55 Å². The topological polar surface area (TPSA) is 55.1 Å². The second-order valence-corrected chi connectivity index (χ2v) is 4.13. The average molecular weight is 218 g/mol. The highest BCUT2D eigenvalue weighted by atomic mass is 16.3. The average Bonchev–Trinajstić information content (AvgIpc) is 2.55. The molecular weight excluding hydrogens is 204 g/mol. The fourth-order valence-electron chi connectivity index (χ4n) is 1.85. The highest BCUT2D eigenvalue weighted by Gasteiger charge is 2.16. The van der Waals surface area contributed by atoms with Gasteiger partial charge in [-0.05, 0) is 26.0 Å². The lowest BCUT2D eigenvalue weighted by Crippen LogP contribution is -2.09. The number of fused-ring (bicyclic) bond motifs is 1. The van der Waals surface area contributed by atoms with Crippen LogP contribution in [0.25, 0.3) is 11.0 Å². The summed E-state index contributed by atoms with van der Waals surface area (Å²) in [6, 6.07) is 5.06. The zero-order valence-electron chi connectivity index (χ0n) is 9.56. The highest BCUT2D eigenvalue weighted by molar-refractivity contribution is 5.95. The van der Waals surface area contributed by atoms with Crippen LogP contribution in [-0.2, 0) is 0 Å². The number of Topliss-reactive ketones (excluding diaryl/α,β-unsaturated/α-hetero) is 1. The number of hydrogen-bond donors (Lipinski definition) is 1. The summed E-state index contributed by atoms with van der Waals surface area (Å²) >= 11 is 0. The number of nitrogens with zero attached hydrogens (tertiary/aromatic N) is 2. The second-order valence-electron chi connectivity index (χ2n) is 4.13. The number of phenolic OH excluding ortho intramolecular Hbond substituents is 1. The molecule has 0 aliphatic heterocycles. The van der Waals surface area contributed by atoms with Crippen molar-refractivity contribution in [2.24, 2.45) is 0 Å². The Labute approximate surface area is 93.5 Å². The molecule has 1 aromatic heterocycles. The number of benzene rings is 1. The van der Waals surface area contributed by atoms with Gasteiger partial charge >= 0.3 is 0 Å². The largest absolute Gasteiger partial charge is 0.508 e. The first kappa shape index (κ1) is 10.7. The fourth-order valence-corrected chi connectivity index (χ4v) is 1.85. The monoisotopic (exact) mass is 218 g/mol. The molecule has 0 aliphatic carbocycles. The van der Waals surface area contributed by atoms with E-state index in [2.05, 4.69) is 4.98 Å². The summed E-state index contributed by atoms with van der Waals surface area (Å²) in [5.74, 6) is 0.560. The van der Waals surface area contributed by atoms with E-state index in [1.54, 1.807) is 18.2 Å². The predicted octanol–water partition coefficient (Wildman–Crippen LogP) is 2.53. The zero-order chi connectivity index (χ0) is 11.9. The molecule has 4 nitrogen and oxygen atoms in total. The highest BCUT2D eigenvalue weighted by Crippen LogP contribution is 2.24. The Morgan fingerprint density at radius 3 is 2.69 bits per heavy atom. The van der Waals surface area contributed by atoms with Crippen LogP contribution in [0.15, 0.2) is 18.2 Å². The second kappa shape index (κ2) is 3.63. The van der Waals surface area contributed by atoms with Crippen molar-refractivity contribution in [3.05, 3.63) is 24.0 Å². The van der Waals surface area contributed by atoms with Gasteiger partial charge in [0.2, 0.25) is 0 Å². The van der Waals surface area contributed by atoms with Gasteiger partial charge in [0.15, 0.2) is 11.6 Å². The molecule has 4 heteroatoms. The Kier molecular flexibility index (Phi) is 2.42. The van der Waals surface area contributed by atoms with Crippen LogP contribution in [0.2, 0.25) is 0 Å². The lowest BCUT2D eigenvalue weighted by molar-refractivity contribution is 0.0998. The van der Waals surface area contributed by atoms with Crippen molar-refractivity contribution in [2.75, 3.05) is 0 Å². The number of aromatic hydroxyl groups is 1. The number of carbonyl (C=O) groups excluding carboxylic acids is 1. The molecule has 16 heavy (non-hydrogen) atoms. The predicted molar refractivity (Wildman–Crippen MR) is 61.8 cm³/mol. The summed E-state index contributed by atoms with van der Waals surface area (Å²) in [5.41, 5.74) is 1.52. The SMILES string of the molecule is CC(=O)c1nc2ccc(O)cc2n1C(C)C. The van der Waals surface area contributed by atoms with Crippen molar-refractivity contribution in [1.29, 1.82) is 0 Å². The normalized spacial score (nSPS) is 11.2. The van der Waals surface area contributed by atoms with Crippen LogP contribution >= 0.6 is 0 Å². The number of carbonyl (C=O) groups is 1. The molecule has 1 N–H and O–H groups in total. The fraction of sp³-hybridized carbons (Fsp3) is 0.333. The molecule has 0 bridgehead atoms. The first-order chi connectivity index (χ1) is 7.50. The van der Waals surface area contributed by atoms with E-state index < -0.39 is 0 Å². The Balaban J connectivity index is 2.82. The molecule has 0 atom stereocenters. The van der Waals surface area contributed by atoms with Crippen molar-refractivity contribution in [3.63, 3.8) is 0 Å². The Morgan fingerprint density at radius 2 is 2.12 bits per heavy atom. The van der Waals surface area contributed by atoms with Gasteiger partial charge in [0.05, 0.1) is 11.0 Å². The van der Waals surface area contributed by atoms with Crippen molar-refractivity contribution in [2.45, 2.75) is 26.8 Å². The molecule has 0 aliphatic rings. The van der Waals surface area contributed by atoms with Gasteiger partial charge in [-0.1, -0.05) is 0 Å². The van der Waals surface area contributed by atoms with Gasteiger partial charge in [-0.15, -0.1) is 0 Å². The van der Waals surface area contributed by atoms with E-state index in [0.29, 0.717) is 5.82 Å². The van der Waals surface area contributed by atoms with E-state index in [4.69, 9.17) is 0 Å². The Hall–Kier alpha value is -1.84. The van der Waals surface area contributed by atoms with Crippen molar-refractivity contribution in [3.8, 4) is 5.75 Å². The van der Waals surface area contributed by atoms with E-state index in [0.717, 1.165) is 11.0 Å². The number of hydrogen-bond acceptors (Lipinski definition) is 3. The third kappa shape index (κ3) is 1.56. The van der Waals surface area contributed by atoms with Crippen LogP contribution in [0.3, 0.4) is 0 Å². The Morgan fingerprint density at radius 1 is 1.44 bits per heavy atom. The molecular formula is C12H14N2O2. The summed E-state index contributed by atoms with van der Waals surface area (Å²) < 4.78 is 1.84. The summed E-state index contributed by atoms with van der Waals surface area (Å²) in [7, 11) is 0. The number of imidazole rings is 1. The number of rotatable bonds is 2. The molecule has 2 aromatic rings. The molecule has 1 heterocycles. The van der Waals surface area contributed by atoms with Crippen LogP contribution in [0.4, 0.5) is 0 Å². The standard InChI is InChI=1S/C12H14N2O2/c1-7(2)14-11-6-9(16)4-5-10(11)13-12(14)8(3)15/h4-7,16H,1-3H3. The molecule has 0 saturated heterocycles. The molecule has 0 radical (unpaired) electrons. The third-order valence-electron chi connectivity index (χ3n) is 2.50. The van der Waals surface area contributed by atoms with Crippen molar-refractivity contribution < 1.29 is 9.90 Å². The summed E-state index contributed by atoms with van der Waals surface area (Å²) in [5, 5.41) is 9.46. The minimum absolute atomic E-state index is 0.0654. The maximum Gasteiger partial charge on any atom is 0.195 e. The van der Waals surface area contributed by atoms with E-state index in [9.17, 15) is 9.90 Å². The number of aromatic nitrogens is 2. The molecule has 0 saturated carbocycles. The summed E-state index contributed by atoms with van der Waals surface area (Å²) in [6.07, 6.45) is 0. The van der Waals surface area contributed by atoms with Crippen LogP contribution in [0.1, 0.15) is 37.4 Å². The first-order valence-corrected chi connectivity index (χ1v) is 5.22. The van der Waals surface area contributed by atoms with Gasteiger partial charge in [-0.3, -0.25) is 4.79 Å². The molecule has 0 unspecified atom stereocenters. The van der Waals surface area contributed by atoms with E-state index in [-0.39, 0.29) is 17.6 Å². The molecule has 0 amide bonds. The number of phenols is 1. The molecule has 0 fully saturated rings. The minimum atomic E-state index is -0.0654. The maximum absolute atomic E-state index is 11.5. The summed E-state index contributed by atoms with van der Waals surface area (Å²) in [4.78, 5) is 15.8. The maximum atomic E-state index is 11.5. The lowest BCUT2D eigenvalue weighted by Gasteiger charge is -2.11. The van der Waals surface area contributed by atoms with Gasteiger partial charge in [-0.25, -0.2) is 4.98 Å². The van der Waals surface area contributed by atoms with E-state index >= 15 is 0 Å². The van der Waals surface area contributed by atoms with Gasteiger partial charge in [0.1, 0.15) is 5.75 Å². The summed E-state index contributed by atoms with van der Waals surface area (Å²) in [6.45, 7) is 5.47. The Bertz CT molecular complexity index is 555.